The highest BCUT2D eigenvalue weighted by Gasteiger charge is 2.29. The van der Waals surface area contributed by atoms with E-state index in [-0.39, 0.29) is 11.3 Å². The summed E-state index contributed by atoms with van der Waals surface area (Å²) in [6.45, 7) is 0. The van der Waals surface area contributed by atoms with Crippen molar-refractivity contribution in [1.82, 2.24) is 0 Å². The molecule has 0 spiro atoms. The lowest BCUT2D eigenvalue weighted by Gasteiger charge is -2.23. The maximum atomic E-state index is 9.39. The topological polar surface area (TPSA) is 46.2 Å². The van der Waals surface area contributed by atoms with Crippen LogP contribution in [-0.2, 0) is 6.42 Å². The van der Waals surface area contributed by atoms with Gasteiger partial charge in [-0.3, -0.25) is 0 Å². The summed E-state index contributed by atoms with van der Waals surface area (Å²) >= 11 is 3.32. The van der Waals surface area contributed by atoms with Gasteiger partial charge in [-0.2, -0.15) is 0 Å². The van der Waals surface area contributed by atoms with Crippen LogP contribution in [0.2, 0.25) is 0 Å². The number of hydrogen-bond acceptors (Lipinski definition) is 2. The van der Waals surface area contributed by atoms with Gasteiger partial charge < -0.3 is 10.8 Å². The molecule has 0 aliphatic heterocycles. The predicted octanol–water partition coefficient (Wildman–Crippen LogP) is 2.97. The van der Waals surface area contributed by atoms with Crippen LogP contribution in [0.5, 0.6) is 5.75 Å². The minimum absolute atomic E-state index is 0.0174. The second kappa shape index (κ2) is 4.14. The molecule has 3 heteroatoms. The minimum atomic E-state index is -0.0174. The lowest BCUT2D eigenvalue weighted by atomic mass is 9.90. The van der Waals surface area contributed by atoms with Crippen LogP contribution in [0.1, 0.15) is 31.2 Å². The van der Waals surface area contributed by atoms with Crippen LogP contribution in [0.15, 0.2) is 22.7 Å². The summed E-state index contributed by atoms with van der Waals surface area (Å²) in [7, 11) is 0. The standard InChI is InChI=1S/C12H16BrNO/c13-10-7-9(3-4-11(10)15)8-12(14)5-1-2-6-12/h3-4,7,15H,1-2,5-6,8,14H2. The Balaban J connectivity index is 2.13. The molecule has 0 heterocycles. The third kappa shape index (κ3) is 2.52. The van der Waals surface area contributed by atoms with Gasteiger partial charge in [0, 0.05) is 5.54 Å². The van der Waals surface area contributed by atoms with E-state index in [0.717, 1.165) is 23.7 Å². The van der Waals surface area contributed by atoms with Crippen molar-refractivity contribution in [2.75, 3.05) is 0 Å². The third-order valence-corrected chi connectivity index (χ3v) is 3.80. The Morgan fingerprint density at radius 1 is 1.33 bits per heavy atom. The summed E-state index contributed by atoms with van der Waals surface area (Å²) in [4.78, 5) is 0. The number of rotatable bonds is 2. The number of phenolic OH excluding ortho intramolecular Hbond substituents is 1. The maximum absolute atomic E-state index is 9.39. The zero-order valence-corrected chi connectivity index (χ0v) is 10.3. The average molecular weight is 270 g/mol. The predicted molar refractivity (Wildman–Crippen MR) is 64.9 cm³/mol. The van der Waals surface area contributed by atoms with Gasteiger partial charge >= 0.3 is 0 Å². The van der Waals surface area contributed by atoms with E-state index in [1.165, 1.54) is 18.4 Å². The molecular formula is C12H16BrNO. The summed E-state index contributed by atoms with van der Waals surface area (Å²) in [6.07, 6.45) is 5.63. The van der Waals surface area contributed by atoms with Crippen molar-refractivity contribution in [3.8, 4) is 5.75 Å². The van der Waals surface area contributed by atoms with Crippen LogP contribution >= 0.6 is 15.9 Å². The second-order valence-corrected chi connectivity index (χ2v) is 5.39. The minimum Gasteiger partial charge on any atom is -0.507 e. The van der Waals surface area contributed by atoms with Gasteiger partial charge in [-0.1, -0.05) is 18.9 Å². The second-order valence-electron chi connectivity index (χ2n) is 4.53. The number of hydrogen-bond donors (Lipinski definition) is 2. The van der Waals surface area contributed by atoms with Gasteiger partial charge in [0.1, 0.15) is 5.75 Å². The van der Waals surface area contributed by atoms with Crippen LogP contribution in [0.3, 0.4) is 0 Å². The first-order valence-electron chi connectivity index (χ1n) is 5.35. The molecule has 2 nitrogen and oxygen atoms in total. The van der Waals surface area contributed by atoms with Crippen molar-refractivity contribution in [3.63, 3.8) is 0 Å². The Morgan fingerprint density at radius 2 is 2.00 bits per heavy atom. The molecule has 0 aromatic heterocycles. The number of aromatic hydroxyl groups is 1. The molecule has 1 aliphatic rings. The summed E-state index contributed by atoms with van der Waals surface area (Å²) in [5.41, 5.74) is 7.48. The van der Waals surface area contributed by atoms with Gasteiger partial charge in [-0.05, 0) is 52.9 Å². The monoisotopic (exact) mass is 269 g/mol. The lowest BCUT2D eigenvalue weighted by molar-refractivity contribution is 0.435. The van der Waals surface area contributed by atoms with Crippen LogP contribution < -0.4 is 5.73 Å². The molecule has 0 radical (unpaired) electrons. The summed E-state index contributed by atoms with van der Waals surface area (Å²) in [6, 6.07) is 5.63. The molecule has 3 N–H and O–H groups in total. The zero-order valence-electron chi connectivity index (χ0n) is 8.67. The van der Waals surface area contributed by atoms with Gasteiger partial charge in [-0.15, -0.1) is 0 Å². The fourth-order valence-electron chi connectivity index (χ4n) is 2.32. The van der Waals surface area contributed by atoms with Gasteiger partial charge in [0.2, 0.25) is 0 Å². The van der Waals surface area contributed by atoms with Crippen molar-refractivity contribution in [1.29, 1.82) is 0 Å². The van der Waals surface area contributed by atoms with Crippen molar-refractivity contribution >= 4 is 15.9 Å². The Kier molecular flexibility index (Phi) is 3.03. The Bertz CT molecular complexity index is 359. The van der Waals surface area contributed by atoms with Gasteiger partial charge in [-0.25, -0.2) is 0 Å². The maximum Gasteiger partial charge on any atom is 0.129 e. The highest BCUT2D eigenvalue weighted by Crippen LogP contribution is 2.32. The van der Waals surface area contributed by atoms with Crippen LogP contribution in [-0.4, -0.2) is 10.6 Å². The van der Waals surface area contributed by atoms with E-state index in [2.05, 4.69) is 15.9 Å². The van der Waals surface area contributed by atoms with Crippen LogP contribution in [0.25, 0.3) is 0 Å². The quantitative estimate of drug-likeness (QED) is 0.867. The van der Waals surface area contributed by atoms with E-state index in [9.17, 15) is 5.11 Å². The molecule has 1 aromatic rings. The zero-order chi connectivity index (χ0) is 10.9. The normalized spacial score (nSPS) is 19.3. The average Bonchev–Trinajstić information content (AvgIpc) is 2.59. The highest BCUT2D eigenvalue weighted by atomic mass is 79.9. The molecule has 1 aliphatic carbocycles. The van der Waals surface area contributed by atoms with Crippen molar-refractivity contribution < 1.29 is 5.11 Å². The Morgan fingerprint density at radius 3 is 2.60 bits per heavy atom. The fourth-order valence-corrected chi connectivity index (χ4v) is 2.75. The van der Waals surface area contributed by atoms with E-state index in [0.29, 0.717) is 0 Å². The summed E-state index contributed by atoms with van der Waals surface area (Å²) in [5.74, 6) is 0.288. The van der Waals surface area contributed by atoms with Gasteiger partial charge in [0.15, 0.2) is 0 Å². The van der Waals surface area contributed by atoms with Gasteiger partial charge in [0.25, 0.3) is 0 Å². The molecule has 1 saturated carbocycles. The molecule has 1 fully saturated rings. The van der Waals surface area contributed by atoms with Crippen molar-refractivity contribution in [2.24, 2.45) is 5.73 Å². The molecule has 2 rings (SSSR count). The molecule has 0 atom stereocenters. The van der Waals surface area contributed by atoms with Crippen molar-refractivity contribution in [2.45, 2.75) is 37.6 Å². The smallest absolute Gasteiger partial charge is 0.129 e. The molecule has 0 amide bonds. The Labute approximate surface area is 98.6 Å². The summed E-state index contributed by atoms with van der Waals surface area (Å²) < 4.78 is 0.751. The molecule has 1 aromatic carbocycles. The Hall–Kier alpha value is -0.540. The molecule has 0 unspecified atom stereocenters. The van der Waals surface area contributed by atoms with Crippen molar-refractivity contribution in [3.05, 3.63) is 28.2 Å². The van der Waals surface area contributed by atoms with Gasteiger partial charge in [0.05, 0.1) is 4.47 Å². The first-order chi connectivity index (χ1) is 7.09. The third-order valence-electron chi connectivity index (χ3n) is 3.17. The van der Waals surface area contributed by atoms with E-state index < -0.39 is 0 Å². The van der Waals surface area contributed by atoms with E-state index >= 15 is 0 Å². The first-order valence-corrected chi connectivity index (χ1v) is 6.15. The molecule has 0 bridgehead atoms. The summed E-state index contributed by atoms with van der Waals surface area (Å²) in [5, 5.41) is 9.39. The number of benzene rings is 1. The molecule has 82 valence electrons. The first kappa shape index (κ1) is 11.0. The van der Waals surface area contributed by atoms with Crippen LogP contribution in [0.4, 0.5) is 0 Å². The SMILES string of the molecule is NC1(Cc2ccc(O)c(Br)c2)CCCC1. The van der Waals surface area contributed by atoms with Crippen LogP contribution in [0, 0.1) is 0 Å². The molecular weight excluding hydrogens is 254 g/mol. The highest BCUT2D eigenvalue weighted by molar-refractivity contribution is 9.10. The largest absolute Gasteiger partial charge is 0.507 e. The lowest BCUT2D eigenvalue weighted by Crippen LogP contribution is -2.38. The van der Waals surface area contributed by atoms with E-state index in [4.69, 9.17) is 5.73 Å². The molecule has 15 heavy (non-hydrogen) atoms. The fraction of sp³-hybridized carbons (Fsp3) is 0.500. The van der Waals surface area contributed by atoms with E-state index in [1.54, 1.807) is 6.07 Å². The van der Waals surface area contributed by atoms with E-state index in [1.807, 2.05) is 12.1 Å². The molecule has 0 saturated heterocycles. The number of phenols is 1. The number of halogens is 1. The number of nitrogens with two attached hydrogens (primary N) is 1.